The smallest absolute Gasteiger partial charge is 0.242 e. The number of rotatable bonds is 7. The monoisotopic (exact) mass is 344 g/mol. The van der Waals surface area contributed by atoms with Crippen molar-refractivity contribution < 1.29 is 9.59 Å². The van der Waals surface area contributed by atoms with E-state index in [1.165, 1.54) is 0 Å². The van der Waals surface area contributed by atoms with Crippen LogP contribution in [-0.2, 0) is 16.1 Å². The number of hydrogen-bond acceptors (Lipinski definition) is 2. The Bertz CT molecular complexity index is 535. The first-order valence-corrected chi connectivity index (χ1v) is 8.15. The van der Waals surface area contributed by atoms with E-state index < -0.39 is 6.04 Å². The van der Waals surface area contributed by atoms with Crippen LogP contribution in [-0.4, -0.2) is 29.8 Å². The lowest BCUT2D eigenvalue weighted by molar-refractivity contribution is -0.141. The van der Waals surface area contributed by atoms with Crippen molar-refractivity contribution in [2.24, 2.45) is 0 Å². The Kier molecular flexibility index (Phi) is 7.69. The van der Waals surface area contributed by atoms with Crippen LogP contribution >= 0.6 is 23.2 Å². The molecular formula is C16H22Cl2N2O2. The van der Waals surface area contributed by atoms with Gasteiger partial charge in [-0.1, -0.05) is 43.1 Å². The molecule has 0 aliphatic carbocycles. The molecule has 0 bridgehead atoms. The summed E-state index contributed by atoms with van der Waals surface area (Å²) >= 11 is 12.1. The van der Waals surface area contributed by atoms with E-state index >= 15 is 0 Å². The highest BCUT2D eigenvalue weighted by Crippen LogP contribution is 2.24. The van der Waals surface area contributed by atoms with Crippen molar-refractivity contribution in [2.45, 2.75) is 45.7 Å². The number of amides is 2. The molecule has 0 aromatic heterocycles. The van der Waals surface area contributed by atoms with Gasteiger partial charge in [-0.25, -0.2) is 0 Å². The van der Waals surface area contributed by atoms with Crippen LogP contribution in [0.1, 0.15) is 38.7 Å². The van der Waals surface area contributed by atoms with Crippen molar-refractivity contribution in [1.29, 1.82) is 0 Å². The molecule has 4 nitrogen and oxygen atoms in total. The Morgan fingerprint density at radius 2 is 1.95 bits per heavy atom. The van der Waals surface area contributed by atoms with Crippen LogP contribution in [0.4, 0.5) is 0 Å². The van der Waals surface area contributed by atoms with Crippen molar-refractivity contribution in [3.05, 3.63) is 33.8 Å². The molecule has 2 amide bonds. The van der Waals surface area contributed by atoms with Gasteiger partial charge in [0.05, 0.1) is 0 Å². The maximum atomic E-state index is 12.4. The van der Waals surface area contributed by atoms with Crippen LogP contribution < -0.4 is 5.32 Å². The Morgan fingerprint density at radius 3 is 2.45 bits per heavy atom. The molecule has 1 aromatic carbocycles. The van der Waals surface area contributed by atoms with Gasteiger partial charge in [-0.05, 0) is 30.5 Å². The second kappa shape index (κ2) is 9.01. The summed E-state index contributed by atoms with van der Waals surface area (Å²) in [5, 5.41) is 3.65. The van der Waals surface area contributed by atoms with E-state index in [0.29, 0.717) is 29.4 Å². The Balaban J connectivity index is 3.09. The van der Waals surface area contributed by atoms with Crippen molar-refractivity contribution in [3.8, 4) is 0 Å². The van der Waals surface area contributed by atoms with Crippen LogP contribution in [0.15, 0.2) is 18.2 Å². The highest BCUT2D eigenvalue weighted by molar-refractivity contribution is 6.35. The topological polar surface area (TPSA) is 49.4 Å². The molecule has 0 radical (unpaired) electrons. The number of benzene rings is 1. The van der Waals surface area contributed by atoms with E-state index in [4.69, 9.17) is 23.2 Å². The number of nitrogens with one attached hydrogen (secondary N) is 1. The molecule has 122 valence electrons. The van der Waals surface area contributed by atoms with Crippen molar-refractivity contribution in [3.63, 3.8) is 0 Å². The third-order valence-corrected chi connectivity index (χ3v) is 4.04. The minimum Gasteiger partial charge on any atom is -0.357 e. The average molecular weight is 345 g/mol. The normalized spacial score (nSPS) is 11.9. The number of nitrogens with zero attached hydrogens (tertiary/aromatic N) is 1. The van der Waals surface area contributed by atoms with Gasteiger partial charge in [0.2, 0.25) is 11.8 Å². The van der Waals surface area contributed by atoms with Gasteiger partial charge in [-0.3, -0.25) is 9.59 Å². The fourth-order valence-corrected chi connectivity index (χ4v) is 2.75. The second-order valence-corrected chi connectivity index (χ2v) is 5.89. The van der Waals surface area contributed by atoms with E-state index in [-0.39, 0.29) is 11.8 Å². The van der Waals surface area contributed by atoms with Crippen LogP contribution in [0, 0.1) is 0 Å². The number of hydrogen-bond donors (Lipinski definition) is 1. The molecule has 1 aromatic rings. The van der Waals surface area contributed by atoms with Gasteiger partial charge in [0, 0.05) is 30.1 Å². The summed E-state index contributed by atoms with van der Waals surface area (Å²) in [5.41, 5.74) is 0.776. The van der Waals surface area contributed by atoms with E-state index in [2.05, 4.69) is 5.32 Å². The first kappa shape index (κ1) is 18.8. The Morgan fingerprint density at radius 1 is 1.27 bits per heavy atom. The van der Waals surface area contributed by atoms with E-state index in [9.17, 15) is 9.59 Å². The van der Waals surface area contributed by atoms with Gasteiger partial charge < -0.3 is 10.2 Å². The highest BCUT2D eigenvalue weighted by atomic mass is 35.5. The summed E-state index contributed by atoms with van der Waals surface area (Å²) < 4.78 is 0. The lowest BCUT2D eigenvalue weighted by Crippen LogP contribution is -2.48. The third kappa shape index (κ3) is 4.89. The molecule has 0 fully saturated rings. The number of carbonyl (C=O) groups is 2. The molecule has 0 unspecified atom stereocenters. The van der Waals surface area contributed by atoms with E-state index in [0.717, 1.165) is 12.0 Å². The van der Waals surface area contributed by atoms with Crippen LogP contribution in [0.5, 0.6) is 0 Å². The van der Waals surface area contributed by atoms with Crippen LogP contribution in [0.25, 0.3) is 0 Å². The average Bonchev–Trinajstić information content (AvgIpc) is 2.49. The lowest BCUT2D eigenvalue weighted by Gasteiger charge is -2.30. The molecule has 0 saturated carbocycles. The molecule has 1 rings (SSSR count). The summed E-state index contributed by atoms with van der Waals surface area (Å²) in [6, 6.07) is 4.65. The standard InChI is InChI=1S/C16H22Cl2N2O2/c1-4-6-15(21)20(14(5-2)16(22)19-3)10-11-7-8-12(17)9-13(11)18/h7-9,14H,4-6,10H2,1-3H3,(H,19,22)/t14-/m1/s1. The minimum atomic E-state index is -0.504. The molecule has 0 spiro atoms. The SMILES string of the molecule is CCCC(=O)N(Cc1ccc(Cl)cc1Cl)[C@H](CC)C(=O)NC. The predicted octanol–water partition coefficient (Wildman–Crippen LogP) is 3.65. The van der Waals surface area contributed by atoms with E-state index in [1.807, 2.05) is 13.8 Å². The summed E-state index contributed by atoms with van der Waals surface area (Å²) in [6.45, 7) is 4.11. The van der Waals surface area contributed by atoms with Gasteiger partial charge in [0.25, 0.3) is 0 Å². The first-order valence-electron chi connectivity index (χ1n) is 7.39. The number of halogens is 2. The number of carbonyl (C=O) groups excluding carboxylic acids is 2. The zero-order chi connectivity index (χ0) is 16.7. The van der Waals surface area contributed by atoms with Gasteiger partial charge in [-0.2, -0.15) is 0 Å². The Hall–Kier alpha value is -1.26. The Labute approximate surface area is 141 Å². The first-order chi connectivity index (χ1) is 10.4. The fraction of sp³-hybridized carbons (Fsp3) is 0.500. The molecule has 1 atom stereocenters. The fourth-order valence-electron chi connectivity index (χ4n) is 2.28. The molecule has 0 heterocycles. The highest BCUT2D eigenvalue weighted by Gasteiger charge is 2.27. The molecule has 0 saturated heterocycles. The summed E-state index contributed by atoms with van der Waals surface area (Å²) in [7, 11) is 1.57. The number of likely N-dealkylation sites (N-methyl/N-ethyl adjacent to an activating group) is 1. The zero-order valence-corrected chi connectivity index (χ0v) is 14.7. The summed E-state index contributed by atoms with van der Waals surface area (Å²) in [5.74, 6) is -0.221. The zero-order valence-electron chi connectivity index (χ0n) is 13.2. The molecule has 0 aliphatic heterocycles. The largest absolute Gasteiger partial charge is 0.357 e. The van der Waals surface area contributed by atoms with Gasteiger partial charge >= 0.3 is 0 Å². The van der Waals surface area contributed by atoms with Gasteiger partial charge in [-0.15, -0.1) is 0 Å². The molecule has 0 aliphatic rings. The van der Waals surface area contributed by atoms with Crippen molar-refractivity contribution in [1.82, 2.24) is 10.2 Å². The van der Waals surface area contributed by atoms with Gasteiger partial charge in [0.15, 0.2) is 0 Å². The summed E-state index contributed by atoms with van der Waals surface area (Å²) in [6.07, 6.45) is 1.67. The van der Waals surface area contributed by atoms with Crippen molar-refractivity contribution >= 4 is 35.0 Å². The third-order valence-electron chi connectivity index (χ3n) is 3.45. The molecule has 1 N–H and O–H groups in total. The molecular weight excluding hydrogens is 323 g/mol. The quantitative estimate of drug-likeness (QED) is 0.820. The van der Waals surface area contributed by atoms with Crippen LogP contribution in [0.2, 0.25) is 10.0 Å². The maximum absolute atomic E-state index is 12.4. The maximum Gasteiger partial charge on any atom is 0.242 e. The van der Waals surface area contributed by atoms with Gasteiger partial charge in [0.1, 0.15) is 6.04 Å². The van der Waals surface area contributed by atoms with E-state index in [1.54, 1.807) is 30.1 Å². The minimum absolute atomic E-state index is 0.0519. The van der Waals surface area contributed by atoms with Crippen LogP contribution in [0.3, 0.4) is 0 Å². The molecule has 6 heteroatoms. The lowest BCUT2D eigenvalue weighted by atomic mass is 10.1. The molecule has 22 heavy (non-hydrogen) atoms. The van der Waals surface area contributed by atoms with Crippen molar-refractivity contribution in [2.75, 3.05) is 7.05 Å². The predicted molar refractivity (Wildman–Crippen MR) is 90.1 cm³/mol. The summed E-state index contributed by atoms with van der Waals surface area (Å²) in [4.78, 5) is 26.1. The second-order valence-electron chi connectivity index (χ2n) is 5.05.